The molecule has 0 unspecified atom stereocenters. The summed E-state index contributed by atoms with van der Waals surface area (Å²) < 4.78 is 3.10. The van der Waals surface area contributed by atoms with Gasteiger partial charge in [-0.1, -0.05) is 46.4 Å². The third-order valence-corrected chi connectivity index (χ3v) is 2.35. The minimum absolute atomic E-state index is 0.0480. The maximum absolute atomic E-state index is 10.9. The lowest BCUT2D eigenvalue weighted by Gasteiger charge is -2.12. The summed E-state index contributed by atoms with van der Waals surface area (Å²) in [5.74, 6) is -0.0480. The summed E-state index contributed by atoms with van der Waals surface area (Å²) >= 11 is 22.7. The molecule has 1 heterocycles. The fraction of sp³-hybridized carbons (Fsp3) is 0.250. The number of ether oxygens (including phenoxy) is 1. The summed E-state index contributed by atoms with van der Waals surface area (Å²) in [5, 5.41) is 2.31. The first-order valence-corrected chi connectivity index (χ1v) is 5.48. The lowest BCUT2D eigenvalue weighted by Crippen LogP contribution is -2.22. The lowest BCUT2D eigenvalue weighted by atomic mass is 10.3. The first-order valence-electron chi connectivity index (χ1n) is 3.97. The molecule has 1 amide bonds. The van der Waals surface area contributed by atoms with Crippen LogP contribution in [0.25, 0.3) is 0 Å². The molecule has 8 heteroatoms. The van der Waals surface area contributed by atoms with E-state index in [1.807, 2.05) is 0 Å². The molecule has 0 radical (unpaired) electrons. The number of carbonyl (C=O) groups excluding carboxylic acids is 1. The molecule has 0 aliphatic rings. The molecule has 1 aromatic heterocycles. The van der Waals surface area contributed by atoms with Gasteiger partial charge in [0.1, 0.15) is 5.15 Å². The van der Waals surface area contributed by atoms with Crippen LogP contribution in [0.15, 0.2) is 12.1 Å². The Hall–Kier alpha value is -0.420. The number of halogens is 4. The molecule has 1 rings (SSSR count). The Morgan fingerprint density at radius 3 is 2.56 bits per heavy atom. The van der Waals surface area contributed by atoms with Gasteiger partial charge in [-0.15, -0.1) is 0 Å². The van der Waals surface area contributed by atoms with Crippen LogP contribution in [0.4, 0.5) is 4.79 Å². The largest absolute Gasteiger partial charge is 0.413 e. The van der Waals surface area contributed by atoms with Crippen molar-refractivity contribution in [3.8, 4) is 5.88 Å². The Balaban J connectivity index is 3.04. The first-order chi connectivity index (χ1) is 7.32. The van der Waals surface area contributed by atoms with E-state index >= 15 is 0 Å². The third-order valence-electron chi connectivity index (χ3n) is 1.50. The van der Waals surface area contributed by atoms with Crippen LogP contribution in [0.2, 0.25) is 5.15 Å². The molecule has 0 aromatic carbocycles. The van der Waals surface area contributed by atoms with Gasteiger partial charge in [-0.25, -0.2) is 9.78 Å². The molecule has 0 spiro atoms. The van der Waals surface area contributed by atoms with Gasteiger partial charge in [0, 0.05) is 18.7 Å². The van der Waals surface area contributed by atoms with Crippen LogP contribution in [-0.4, -0.2) is 18.1 Å². The molecular weight excluding hydrogens is 298 g/mol. The van der Waals surface area contributed by atoms with E-state index in [-0.39, 0.29) is 16.6 Å². The zero-order valence-corrected chi connectivity index (χ0v) is 11.0. The molecule has 0 bridgehead atoms. The van der Waals surface area contributed by atoms with E-state index < -0.39 is 9.89 Å². The van der Waals surface area contributed by atoms with Gasteiger partial charge >= 0.3 is 6.09 Å². The van der Waals surface area contributed by atoms with E-state index in [0.29, 0.717) is 0 Å². The van der Waals surface area contributed by atoms with E-state index in [1.165, 1.54) is 19.2 Å². The minimum Gasteiger partial charge on any atom is -0.391 e. The molecular formula is C8H6Cl4N2O2. The van der Waals surface area contributed by atoms with Crippen LogP contribution >= 0.6 is 46.4 Å². The van der Waals surface area contributed by atoms with Crippen molar-refractivity contribution >= 4 is 52.5 Å². The molecule has 0 aliphatic carbocycles. The van der Waals surface area contributed by atoms with Crippen molar-refractivity contribution < 1.29 is 9.53 Å². The van der Waals surface area contributed by atoms with Gasteiger partial charge in [0.15, 0.2) is 0 Å². The monoisotopic (exact) mass is 302 g/mol. The predicted molar refractivity (Wildman–Crippen MR) is 63.6 cm³/mol. The van der Waals surface area contributed by atoms with Crippen LogP contribution in [-0.2, 0) is 3.79 Å². The number of hydrogen-bond donors (Lipinski definition) is 1. The standard InChI is InChI=1S/C8H6Cl4N2O2/c1-13-7(15)16-6-3-4(8(10,11)12)2-5(9)14-6/h2-3H,1H3,(H,13,15). The lowest BCUT2D eigenvalue weighted by molar-refractivity contribution is 0.201. The van der Waals surface area contributed by atoms with Crippen molar-refractivity contribution in [3.05, 3.63) is 22.8 Å². The predicted octanol–water partition coefficient (Wildman–Crippen LogP) is 3.28. The summed E-state index contributed by atoms with van der Waals surface area (Å²) in [5.41, 5.74) is 0.261. The molecule has 16 heavy (non-hydrogen) atoms. The number of nitrogens with zero attached hydrogens (tertiary/aromatic N) is 1. The molecule has 1 N–H and O–H groups in total. The van der Waals surface area contributed by atoms with E-state index in [1.54, 1.807) is 0 Å². The Kier molecular flexibility index (Phi) is 4.50. The van der Waals surface area contributed by atoms with Crippen molar-refractivity contribution in [2.45, 2.75) is 3.79 Å². The summed E-state index contributed by atoms with van der Waals surface area (Å²) in [7, 11) is 1.41. The van der Waals surface area contributed by atoms with Gasteiger partial charge in [0.05, 0.1) is 0 Å². The fourth-order valence-corrected chi connectivity index (χ4v) is 1.36. The number of hydrogen-bond acceptors (Lipinski definition) is 3. The minimum atomic E-state index is -1.66. The number of amides is 1. The van der Waals surface area contributed by atoms with Crippen LogP contribution in [0.1, 0.15) is 5.56 Å². The molecule has 0 atom stereocenters. The van der Waals surface area contributed by atoms with Crippen molar-refractivity contribution in [1.29, 1.82) is 0 Å². The highest BCUT2D eigenvalue weighted by Crippen LogP contribution is 2.39. The average molecular weight is 304 g/mol. The summed E-state index contributed by atoms with van der Waals surface area (Å²) in [4.78, 5) is 14.7. The van der Waals surface area contributed by atoms with Crippen molar-refractivity contribution in [2.75, 3.05) is 7.05 Å². The Bertz CT molecular complexity index is 406. The SMILES string of the molecule is CNC(=O)Oc1cc(C(Cl)(Cl)Cl)cc(Cl)n1. The van der Waals surface area contributed by atoms with Crippen molar-refractivity contribution in [1.82, 2.24) is 10.3 Å². The van der Waals surface area contributed by atoms with E-state index in [0.717, 1.165) is 0 Å². The van der Waals surface area contributed by atoms with Gasteiger partial charge in [0.2, 0.25) is 9.67 Å². The molecule has 0 saturated heterocycles. The second-order valence-corrected chi connectivity index (χ2v) is 5.32. The van der Waals surface area contributed by atoms with Crippen LogP contribution in [0.3, 0.4) is 0 Å². The van der Waals surface area contributed by atoms with Gasteiger partial charge in [0.25, 0.3) is 0 Å². The van der Waals surface area contributed by atoms with Crippen LogP contribution in [0, 0.1) is 0 Å². The Morgan fingerprint density at radius 1 is 1.44 bits per heavy atom. The highest BCUT2D eigenvalue weighted by atomic mass is 35.6. The fourth-order valence-electron chi connectivity index (χ4n) is 0.835. The summed E-state index contributed by atoms with van der Waals surface area (Å²) in [6.45, 7) is 0. The van der Waals surface area contributed by atoms with Gasteiger partial charge in [-0.3, -0.25) is 0 Å². The quantitative estimate of drug-likeness (QED) is 0.640. The zero-order chi connectivity index (χ0) is 12.3. The molecule has 1 aromatic rings. The number of carbonyl (C=O) groups is 1. The summed E-state index contributed by atoms with van der Waals surface area (Å²) in [6, 6.07) is 2.68. The maximum Gasteiger partial charge on any atom is 0.413 e. The Morgan fingerprint density at radius 2 is 2.06 bits per heavy atom. The number of alkyl halides is 3. The molecule has 4 nitrogen and oxygen atoms in total. The van der Waals surface area contributed by atoms with E-state index in [4.69, 9.17) is 51.1 Å². The van der Waals surface area contributed by atoms with E-state index in [9.17, 15) is 4.79 Å². The molecule has 88 valence electrons. The van der Waals surface area contributed by atoms with Crippen molar-refractivity contribution in [3.63, 3.8) is 0 Å². The maximum atomic E-state index is 10.9. The Labute approximate surface area is 112 Å². The zero-order valence-electron chi connectivity index (χ0n) is 7.93. The molecule has 0 fully saturated rings. The highest BCUT2D eigenvalue weighted by Gasteiger charge is 2.24. The molecule has 0 aliphatic heterocycles. The van der Waals surface area contributed by atoms with Gasteiger partial charge < -0.3 is 10.1 Å². The smallest absolute Gasteiger partial charge is 0.391 e. The average Bonchev–Trinajstić information content (AvgIpc) is 2.15. The number of nitrogens with one attached hydrogen (secondary N) is 1. The number of aromatic nitrogens is 1. The first kappa shape index (κ1) is 13.6. The van der Waals surface area contributed by atoms with E-state index in [2.05, 4.69) is 10.3 Å². The summed E-state index contributed by atoms with van der Waals surface area (Å²) in [6.07, 6.45) is -0.690. The van der Waals surface area contributed by atoms with Crippen LogP contribution < -0.4 is 10.1 Å². The number of pyridine rings is 1. The third kappa shape index (κ3) is 3.87. The normalized spacial score (nSPS) is 11.1. The highest BCUT2D eigenvalue weighted by molar-refractivity contribution is 6.66. The van der Waals surface area contributed by atoms with Gasteiger partial charge in [-0.05, 0) is 6.07 Å². The van der Waals surface area contributed by atoms with Gasteiger partial charge in [-0.2, -0.15) is 0 Å². The molecule has 0 saturated carbocycles. The second kappa shape index (κ2) is 5.27. The van der Waals surface area contributed by atoms with Crippen LogP contribution in [0.5, 0.6) is 5.88 Å². The number of rotatable bonds is 1. The topological polar surface area (TPSA) is 51.2 Å². The second-order valence-electron chi connectivity index (χ2n) is 2.65. The van der Waals surface area contributed by atoms with Crippen molar-refractivity contribution in [2.24, 2.45) is 0 Å².